The monoisotopic (exact) mass is 1130 g/mol. The van der Waals surface area contributed by atoms with Crippen molar-refractivity contribution in [3.63, 3.8) is 0 Å². The zero-order valence-corrected chi connectivity index (χ0v) is 43.9. The van der Waals surface area contributed by atoms with Crippen molar-refractivity contribution in [3.05, 3.63) is 91.8 Å². The quantitative estimate of drug-likeness (QED) is 0.0423. The number of aromatic nitrogens is 3. The Morgan fingerprint density at radius 1 is 0.211 bits per heavy atom. The van der Waals surface area contributed by atoms with Gasteiger partial charge in [-0.3, -0.25) is 0 Å². The van der Waals surface area contributed by atoms with Crippen LogP contribution in [0.5, 0.6) is 0 Å². The molecule has 3 heterocycles. The van der Waals surface area contributed by atoms with Crippen molar-refractivity contribution in [1.29, 1.82) is 0 Å². The molecule has 0 saturated heterocycles. The Morgan fingerprint density at radius 2 is 0.368 bits per heavy atom. The van der Waals surface area contributed by atoms with E-state index < -0.39 is 0 Å². The van der Waals surface area contributed by atoms with E-state index in [9.17, 15) is 0 Å². The van der Waals surface area contributed by atoms with Crippen LogP contribution in [0.25, 0.3) is 0 Å². The van der Waals surface area contributed by atoms with Crippen molar-refractivity contribution in [2.75, 3.05) is 0 Å². The smallest absolute Gasteiger partial charge is 0.168 e. The van der Waals surface area contributed by atoms with Crippen LogP contribution in [0.4, 0.5) is 0 Å². The third kappa shape index (κ3) is 45.0. The summed E-state index contributed by atoms with van der Waals surface area (Å²) in [7, 11) is 0. The van der Waals surface area contributed by atoms with Crippen LogP contribution in [0.15, 0.2) is 91.8 Å². The summed E-state index contributed by atoms with van der Waals surface area (Å²) >= 11 is 0. The summed E-state index contributed by atoms with van der Waals surface area (Å²) < 4.78 is 6.85. The molecule has 0 unspecified atom stereocenters. The van der Waals surface area contributed by atoms with Gasteiger partial charge < -0.3 is 71.9 Å². The van der Waals surface area contributed by atoms with Crippen molar-refractivity contribution < 1.29 is 85.6 Å². The van der Waals surface area contributed by atoms with Crippen LogP contribution in [0.2, 0.25) is 0 Å². The number of nitrogens with zero attached hydrogens (tertiary/aromatic N) is 3. The lowest BCUT2D eigenvalue weighted by Gasteiger charge is -2.01. The number of pyridine rings is 3. The van der Waals surface area contributed by atoms with Crippen LogP contribution in [0.3, 0.4) is 0 Å². The first-order valence-corrected chi connectivity index (χ1v) is 23.6. The van der Waals surface area contributed by atoms with Crippen molar-refractivity contribution in [2.45, 2.75) is 233 Å². The van der Waals surface area contributed by atoms with Crippen LogP contribution < -0.4 is 85.6 Å². The highest BCUT2D eigenvalue weighted by Gasteiger charge is 2.00. The zero-order valence-electron chi connectivity index (χ0n) is 37.5. The van der Waals surface area contributed by atoms with Crippen molar-refractivity contribution in [1.82, 2.24) is 0 Å². The molecule has 0 amide bonds. The second-order valence-corrected chi connectivity index (χ2v) is 15.9. The van der Waals surface area contributed by atoms with Crippen LogP contribution >= 0.6 is 0 Å². The Morgan fingerprint density at radius 3 is 0.544 bits per heavy atom. The van der Waals surface area contributed by atoms with Crippen LogP contribution in [0.1, 0.15) is 213 Å². The lowest BCUT2D eigenvalue weighted by Crippen LogP contribution is -3.00. The molecule has 3 aromatic heterocycles. The minimum absolute atomic E-state index is 0. The van der Waals surface area contributed by atoms with Gasteiger partial charge in [-0.15, -0.1) is 0 Å². The second-order valence-electron chi connectivity index (χ2n) is 15.9. The Bertz CT molecular complexity index is 963. The van der Waals surface area contributed by atoms with Gasteiger partial charge in [-0.05, 0) is 19.3 Å². The first-order valence-electron chi connectivity index (χ1n) is 23.6. The van der Waals surface area contributed by atoms with Gasteiger partial charge in [-0.25, -0.2) is 13.7 Å². The van der Waals surface area contributed by atoms with E-state index in [1.54, 1.807) is 0 Å². The number of unbranched alkanes of at least 4 members (excludes halogenated alkanes) is 27. The standard InChI is InChI=1S/3C17H30N.3HI/c3*1-2-3-4-5-6-7-8-9-10-12-15-18-16-13-11-14-17-18;;;/h3*11,13-14,16-17H,2-10,12,15H2,1H3;3*1H/q3*+1;;;/p-3. The minimum Gasteiger partial charge on any atom is -1.00 e. The minimum atomic E-state index is 0. The maximum atomic E-state index is 2.28. The van der Waals surface area contributed by atoms with E-state index in [2.05, 4.69) is 126 Å². The van der Waals surface area contributed by atoms with Gasteiger partial charge in [0, 0.05) is 55.7 Å². The number of halogens is 3. The molecule has 0 N–H and O–H groups in total. The molecule has 0 bridgehead atoms. The van der Waals surface area contributed by atoms with Crippen molar-refractivity contribution in [3.8, 4) is 0 Å². The summed E-state index contributed by atoms with van der Waals surface area (Å²) in [6.45, 7) is 10.4. The maximum absolute atomic E-state index is 2.28. The number of hydrogen-bond acceptors (Lipinski definition) is 0. The molecule has 6 heteroatoms. The van der Waals surface area contributed by atoms with Gasteiger partial charge in [0.25, 0.3) is 0 Å². The predicted octanol–water partition coefficient (Wildman–Crippen LogP) is 5.70. The Labute approximate surface area is 406 Å². The summed E-state index contributed by atoms with van der Waals surface area (Å²) in [5.74, 6) is 0. The lowest BCUT2D eigenvalue weighted by molar-refractivity contribution is -0.697. The Kier molecular flexibility index (Phi) is 55.4. The van der Waals surface area contributed by atoms with Gasteiger partial charge in [0.1, 0.15) is 19.6 Å². The van der Waals surface area contributed by atoms with E-state index >= 15 is 0 Å². The molecule has 330 valence electrons. The highest BCUT2D eigenvalue weighted by Crippen LogP contribution is 2.12. The van der Waals surface area contributed by atoms with E-state index in [1.807, 2.05) is 0 Å². The molecule has 3 aromatic rings. The highest BCUT2D eigenvalue weighted by molar-refractivity contribution is 4.84. The average Bonchev–Trinajstić information content (AvgIpc) is 3.22. The highest BCUT2D eigenvalue weighted by atomic mass is 127. The fourth-order valence-electron chi connectivity index (χ4n) is 7.10. The van der Waals surface area contributed by atoms with Gasteiger partial charge in [0.05, 0.1) is 0 Å². The Balaban J connectivity index is -0.000000748. The van der Waals surface area contributed by atoms with Crippen LogP contribution in [-0.4, -0.2) is 0 Å². The summed E-state index contributed by atoms with van der Waals surface area (Å²) in [4.78, 5) is 0. The van der Waals surface area contributed by atoms with Crippen molar-refractivity contribution in [2.24, 2.45) is 0 Å². The molecule has 57 heavy (non-hydrogen) atoms. The molecular weight excluding hydrogens is 1040 g/mol. The van der Waals surface area contributed by atoms with Crippen molar-refractivity contribution >= 4 is 0 Å². The van der Waals surface area contributed by atoms with Gasteiger partial charge >= 0.3 is 0 Å². The largest absolute Gasteiger partial charge is 1.00 e. The average molecular weight is 1130 g/mol. The fourth-order valence-corrected chi connectivity index (χ4v) is 7.10. The summed E-state index contributed by atoms with van der Waals surface area (Å²) in [6.07, 6.45) is 55.4. The SMILES string of the molecule is CCCCCCCCCCCC[n+]1ccccc1.CCCCCCCCCCCC[n+]1ccccc1.CCCCCCCCCCCC[n+]1ccccc1.[I-].[I-].[I-]. The van der Waals surface area contributed by atoms with E-state index in [0.29, 0.717) is 0 Å². The maximum Gasteiger partial charge on any atom is 0.168 e. The molecule has 0 fully saturated rings. The summed E-state index contributed by atoms with van der Waals surface area (Å²) in [5.41, 5.74) is 0. The topological polar surface area (TPSA) is 11.6 Å². The molecular formula is C51H90I3N3. The normalized spacial score (nSPS) is 10.2. The Hall–Kier alpha value is -0.360. The number of rotatable bonds is 33. The van der Waals surface area contributed by atoms with E-state index in [0.717, 1.165) is 0 Å². The lowest BCUT2D eigenvalue weighted by atomic mass is 10.1. The van der Waals surface area contributed by atoms with Crippen LogP contribution in [-0.2, 0) is 19.6 Å². The third-order valence-corrected chi connectivity index (χ3v) is 10.6. The van der Waals surface area contributed by atoms with Gasteiger partial charge in [0.2, 0.25) is 0 Å². The molecule has 0 saturated carbocycles. The molecule has 0 spiro atoms. The first-order chi connectivity index (χ1) is 26.8. The predicted molar refractivity (Wildman–Crippen MR) is 235 cm³/mol. The molecule has 0 aliphatic carbocycles. The molecule has 0 atom stereocenters. The molecule has 0 aliphatic heterocycles. The molecule has 0 aromatic carbocycles. The van der Waals surface area contributed by atoms with Gasteiger partial charge in [0.15, 0.2) is 37.2 Å². The van der Waals surface area contributed by atoms with Gasteiger partial charge in [-0.1, -0.05) is 193 Å². The molecule has 3 rings (SSSR count). The van der Waals surface area contributed by atoms with E-state index in [1.165, 1.54) is 212 Å². The second kappa shape index (κ2) is 51.8. The summed E-state index contributed by atoms with van der Waals surface area (Å²) in [6, 6.07) is 18.9. The molecule has 0 radical (unpaired) electrons. The van der Waals surface area contributed by atoms with Gasteiger partial charge in [-0.2, -0.15) is 0 Å². The van der Waals surface area contributed by atoms with Crippen LogP contribution in [0, 0.1) is 0 Å². The zero-order chi connectivity index (χ0) is 38.7. The van der Waals surface area contributed by atoms with E-state index in [4.69, 9.17) is 0 Å². The molecule has 0 aliphatic rings. The van der Waals surface area contributed by atoms with E-state index in [-0.39, 0.29) is 71.9 Å². The molecule has 3 nitrogen and oxygen atoms in total. The summed E-state index contributed by atoms with van der Waals surface area (Å²) in [5, 5.41) is 0. The number of aryl methyl sites for hydroxylation is 3. The number of hydrogen-bond donors (Lipinski definition) is 0. The third-order valence-electron chi connectivity index (χ3n) is 10.6. The fraction of sp³-hybridized carbons (Fsp3) is 0.706. The first kappa shape index (κ1) is 60.9.